The van der Waals surface area contributed by atoms with Gasteiger partial charge in [0.1, 0.15) is 0 Å². The van der Waals surface area contributed by atoms with Gasteiger partial charge in [0.2, 0.25) is 5.95 Å². The summed E-state index contributed by atoms with van der Waals surface area (Å²) in [4.78, 5) is 18.8. The smallest absolute Gasteiger partial charge is 0.258 e. The van der Waals surface area contributed by atoms with E-state index < -0.39 is 4.92 Å². The van der Waals surface area contributed by atoms with Crippen LogP contribution in [0.4, 0.5) is 11.6 Å². The number of nitro groups is 1. The summed E-state index contributed by atoms with van der Waals surface area (Å²) in [5.41, 5.74) is 4.96. The maximum atomic E-state index is 10.9. The molecule has 0 unspecified atom stereocenters. The lowest BCUT2D eigenvalue weighted by Crippen LogP contribution is -1.98. The Bertz CT molecular complexity index is 864. The quantitative estimate of drug-likeness (QED) is 0.441. The van der Waals surface area contributed by atoms with Crippen LogP contribution in [-0.2, 0) is 0 Å². The van der Waals surface area contributed by atoms with Gasteiger partial charge in [0.15, 0.2) is 0 Å². The monoisotopic (exact) mass is 319 g/mol. The minimum atomic E-state index is -0.452. The van der Waals surface area contributed by atoms with Crippen molar-refractivity contribution in [1.29, 1.82) is 0 Å². The molecule has 7 nitrogen and oxygen atoms in total. The minimum Gasteiger partial charge on any atom is -0.258 e. The van der Waals surface area contributed by atoms with Gasteiger partial charge in [-0.3, -0.25) is 10.1 Å². The number of aromatic nitrogens is 2. The number of nitro benzene ring substituents is 1. The number of hydrazone groups is 1. The summed E-state index contributed by atoms with van der Waals surface area (Å²) in [5, 5.41) is 14.9. The summed E-state index contributed by atoms with van der Waals surface area (Å²) in [6.45, 7) is 0. The van der Waals surface area contributed by atoms with Crippen LogP contribution in [0.5, 0.6) is 0 Å². The Balaban J connectivity index is 1.70. The van der Waals surface area contributed by atoms with E-state index in [9.17, 15) is 10.1 Å². The van der Waals surface area contributed by atoms with Crippen LogP contribution < -0.4 is 5.43 Å². The molecule has 1 aromatic heterocycles. The average molecular weight is 319 g/mol. The first-order valence-electron chi connectivity index (χ1n) is 7.14. The minimum absolute atomic E-state index is 0.0107. The number of anilines is 1. The van der Waals surface area contributed by atoms with E-state index in [0.29, 0.717) is 11.5 Å². The molecule has 2 aromatic carbocycles. The third-order valence-corrected chi connectivity index (χ3v) is 3.26. The van der Waals surface area contributed by atoms with Crippen molar-refractivity contribution in [3.63, 3.8) is 0 Å². The number of rotatable bonds is 5. The Hall–Kier alpha value is -3.61. The summed E-state index contributed by atoms with van der Waals surface area (Å²) in [6, 6.07) is 16.1. The third-order valence-electron chi connectivity index (χ3n) is 3.26. The summed E-state index contributed by atoms with van der Waals surface area (Å²) in [7, 11) is 0. The zero-order valence-corrected chi connectivity index (χ0v) is 12.5. The van der Waals surface area contributed by atoms with E-state index in [-0.39, 0.29) is 5.69 Å². The lowest BCUT2D eigenvalue weighted by atomic mass is 10.1. The second-order valence-electron chi connectivity index (χ2n) is 4.85. The molecule has 3 rings (SSSR count). The van der Waals surface area contributed by atoms with Crippen LogP contribution in [0.2, 0.25) is 0 Å². The Morgan fingerprint density at radius 2 is 1.62 bits per heavy atom. The molecule has 0 spiro atoms. The Labute approximate surface area is 137 Å². The van der Waals surface area contributed by atoms with Crippen LogP contribution in [0.1, 0.15) is 5.56 Å². The van der Waals surface area contributed by atoms with Gasteiger partial charge in [0, 0.05) is 24.0 Å². The zero-order chi connectivity index (χ0) is 16.8. The molecule has 0 saturated carbocycles. The molecule has 118 valence electrons. The first-order chi connectivity index (χ1) is 11.7. The number of hydrogen-bond acceptors (Lipinski definition) is 6. The molecule has 3 aromatic rings. The predicted octanol–water partition coefficient (Wildman–Crippen LogP) is 3.50. The summed E-state index contributed by atoms with van der Waals surface area (Å²) < 4.78 is 0. The third kappa shape index (κ3) is 3.58. The van der Waals surface area contributed by atoms with Crippen molar-refractivity contribution >= 4 is 17.9 Å². The number of benzene rings is 2. The van der Waals surface area contributed by atoms with Crippen molar-refractivity contribution in [3.8, 4) is 11.1 Å². The van der Waals surface area contributed by atoms with Gasteiger partial charge in [-0.15, -0.1) is 0 Å². The summed E-state index contributed by atoms with van der Waals surface area (Å²) >= 11 is 0. The van der Waals surface area contributed by atoms with Gasteiger partial charge in [-0.25, -0.2) is 15.4 Å². The molecule has 0 amide bonds. The van der Waals surface area contributed by atoms with Gasteiger partial charge in [-0.1, -0.05) is 42.5 Å². The number of nitrogens with one attached hydrogen (secondary N) is 1. The molecule has 1 N–H and O–H groups in total. The molecule has 0 bridgehead atoms. The van der Waals surface area contributed by atoms with E-state index in [4.69, 9.17) is 0 Å². The van der Waals surface area contributed by atoms with Crippen LogP contribution in [0.3, 0.4) is 0 Å². The van der Waals surface area contributed by atoms with Gasteiger partial charge < -0.3 is 0 Å². The predicted molar refractivity (Wildman–Crippen MR) is 91.8 cm³/mol. The fourth-order valence-corrected chi connectivity index (χ4v) is 2.09. The number of para-hydroxylation sites is 1. The van der Waals surface area contributed by atoms with Crippen LogP contribution in [0, 0.1) is 10.1 Å². The molecule has 0 aliphatic heterocycles. The van der Waals surface area contributed by atoms with Gasteiger partial charge in [0.05, 0.1) is 16.7 Å². The van der Waals surface area contributed by atoms with E-state index in [1.807, 2.05) is 30.3 Å². The lowest BCUT2D eigenvalue weighted by molar-refractivity contribution is -0.385. The Morgan fingerprint density at radius 1 is 0.958 bits per heavy atom. The molecular weight excluding hydrogens is 306 g/mol. The van der Waals surface area contributed by atoms with Crippen LogP contribution in [0.15, 0.2) is 72.1 Å². The second kappa shape index (κ2) is 7.10. The molecule has 24 heavy (non-hydrogen) atoms. The molecular formula is C17H13N5O2. The van der Waals surface area contributed by atoms with E-state index >= 15 is 0 Å². The second-order valence-corrected chi connectivity index (χ2v) is 4.85. The standard InChI is InChI=1S/C17H13N5O2/c23-22(24)16-9-5-4-8-14(16)12-20-21-17-18-10-15(11-19-17)13-6-2-1-3-7-13/h1-12H,(H,18,19,21)/b20-12+. The molecule has 0 radical (unpaired) electrons. The number of hydrogen-bond donors (Lipinski definition) is 1. The van der Waals surface area contributed by atoms with Crippen LogP contribution in [-0.4, -0.2) is 21.1 Å². The highest BCUT2D eigenvalue weighted by atomic mass is 16.6. The molecule has 0 fully saturated rings. The maximum absolute atomic E-state index is 10.9. The highest BCUT2D eigenvalue weighted by molar-refractivity contribution is 5.85. The largest absolute Gasteiger partial charge is 0.278 e. The van der Waals surface area contributed by atoms with Crippen molar-refractivity contribution in [3.05, 3.63) is 82.7 Å². The first kappa shape index (κ1) is 15.3. The fraction of sp³-hybridized carbons (Fsp3) is 0. The van der Waals surface area contributed by atoms with Crippen molar-refractivity contribution in [2.45, 2.75) is 0 Å². The van der Waals surface area contributed by atoms with Gasteiger partial charge in [-0.05, 0) is 11.6 Å². The normalized spacial score (nSPS) is 10.7. The van der Waals surface area contributed by atoms with Crippen LogP contribution >= 0.6 is 0 Å². The lowest BCUT2D eigenvalue weighted by Gasteiger charge is -2.02. The summed E-state index contributed by atoms with van der Waals surface area (Å²) in [5.74, 6) is 0.310. The molecule has 7 heteroatoms. The maximum Gasteiger partial charge on any atom is 0.278 e. The van der Waals surface area contributed by atoms with Crippen molar-refractivity contribution < 1.29 is 4.92 Å². The number of nitrogens with zero attached hydrogens (tertiary/aromatic N) is 4. The topological polar surface area (TPSA) is 93.3 Å². The van der Waals surface area contributed by atoms with Gasteiger partial charge >= 0.3 is 0 Å². The van der Waals surface area contributed by atoms with Crippen molar-refractivity contribution in [2.75, 3.05) is 5.43 Å². The van der Waals surface area contributed by atoms with E-state index in [0.717, 1.165) is 11.1 Å². The molecule has 0 atom stereocenters. The van der Waals surface area contributed by atoms with Crippen LogP contribution in [0.25, 0.3) is 11.1 Å². The molecule has 0 aliphatic carbocycles. The first-order valence-corrected chi connectivity index (χ1v) is 7.14. The molecule has 0 saturated heterocycles. The van der Waals surface area contributed by atoms with Gasteiger partial charge in [0.25, 0.3) is 5.69 Å². The highest BCUT2D eigenvalue weighted by Crippen LogP contribution is 2.17. The fourth-order valence-electron chi connectivity index (χ4n) is 2.09. The van der Waals surface area contributed by atoms with E-state index in [2.05, 4.69) is 20.5 Å². The van der Waals surface area contributed by atoms with Gasteiger partial charge in [-0.2, -0.15) is 5.10 Å². The zero-order valence-electron chi connectivity index (χ0n) is 12.5. The van der Waals surface area contributed by atoms with Crippen molar-refractivity contribution in [1.82, 2.24) is 9.97 Å². The average Bonchev–Trinajstić information content (AvgIpc) is 2.63. The SMILES string of the molecule is O=[N+]([O-])c1ccccc1/C=N/Nc1ncc(-c2ccccc2)cn1. The Kier molecular flexibility index (Phi) is 4.52. The van der Waals surface area contributed by atoms with Crippen molar-refractivity contribution in [2.24, 2.45) is 5.10 Å². The molecule has 1 heterocycles. The van der Waals surface area contributed by atoms with E-state index in [1.54, 1.807) is 30.6 Å². The molecule has 0 aliphatic rings. The summed E-state index contributed by atoms with van der Waals surface area (Å²) in [6.07, 6.45) is 4.74. The van der Waals surface area contributed by atoms with E-state index in [1.165, 1.54) is 12.3 Å². The highest BCUT2D eigenvalue weighted by Gasteiger charge is 2.09. The Morgan fingerprint density at radius 3 is 2.33 bits per heavy atom.